The van der Waals surface area contributed by atoms with E-state index in [1.165, 1.54) is 43.4 Å². The van der Waals surface area contributed by atoms with Gasteiger partial charge in [-0.25, -0.2) is 4.99 Å². The molecule has 4 rings (SSSR count). The summed E-state index contributed by atoms with van der Waals surface area (Å²) in [5.41, 5.74) is 2.55. The molecule has 5 nitrogen and oxygen atoms in total. The van der Waals surface area contributed by atoms with Gasteiger partial charge in [0.2, 0.25) is 0 Å². The molecule has 0 aromatic heterocycles. The fraction of sp³-hybridized carbons (Fsp3) is 0.609. The summed E-state index contributed by atoms with van der Waals surface area (Å²) in [6.07, 6.45) is 11.0. The highest BCUT2D eigenvalue weighted by atomic mass is 127. The number of nitrogens with one attached hydrogen (secondary N) is 2. The van der Waals surface area contributed by atoms with Crippen molar-refractivity contribution in [3.63, 3.8) is 0 Å². The van der Waals surface area contributed by atoms with Crippen LogP contribution in [0.1, 0.15) is 44.6 Å². The van der Waals surface area contributed by atoms with Gasteiger partial charge in [0.15, 0.2) is 5.96 Å². The van der Waals surface area contributed by atoms with Crippen LogP contribution in [0.15, 0.2) is 41.4 Å². The number of nitrogens with zero attached hydrogens (tertiary/aromatic N) is 3. The van der Waals surface area contributed by atoms with Gasteiger partial charge in [0, 0.05) is 43.4 Å². The first-order valence-electron chi connectivity index (χ1n) is 11.0. The summed E-state index contributed by atoms with van der Waals surface area (Å²) >= 11 is 0. The van der Waals surface area contributed by atoms with Crippen LogP contribution < -0.4 is 15.5 Å². The number of benzene rings is 1. The molecule has 2 N–H and O–H groups in total. The minimum absolute atomic E-state index is 0. The van der Waals surface area contributed by atoms with Crippen LogP contribution in [-0.4, -0.2) is 55.7 Å². The van der Waals surface area contributed by atoms with Gasteiger partial charge >= 0.3 is 0 Å². The maximum absolute atomic E-state index is 4.87. The summed E-state index contributed by atoms with van der Waals surface area (Å²) in [5.74, 6) is 0.961. The average Bonchev–Trinajstić information content (AvgIpc) is 3.22. The zero-order chi connectivity index (χ0) is 19.3. The van der Waals surface area contributed by atoms with Crippen molar-refractivity contribution in [2.45, 2.75) is 63.7 Å². The van der Waals surface area contributed by atoms with E-state index in [0.29, 0.717) is 12.6 Å². The molecule has 0 amide bonds. The molecule has 1 aromatic rings. The van der Waals surface area contributed by atoms with Gasteiger partial charge in [0.05, 0.1) is 6.54 Å². The van der Waals surface area contributed by atoms with Crippen molar-refractivity contribution >= 4 is 35.6 Å². The van der Waals surface area contributed by atoms with Gasteiger partial charge < -0.3 is 20.4 Å². The van der Waals surface area contributed by atoms with E-state index in [1.807, 2.05) is 0 Å². The van der Waals surface area contributed by atoms with Crippen LogP contribution in [0.5, 0.6) is 0 Å². The zero-order valence-corrected chi connectivity index (χ0v) is 20.1. The molecule has 0 spiro atoms. The molecule has 0 saturated carbocycles. The summed E-state index contributed by atoms with van der Waals surface area (Å²) in [6, 6.07) is 10.9. The second-order valence-electron chi connectivity index (χ2n) is 8.45. The summed E-state index contributed by atoms with van der Waals surface area (Å²) in [4.78, 5) is 9.86. The third kappa shape index (κ3) is 5.66. The van der Waals surface area contributed by atoms with Crippen LogP contribution >= 0.6 is 24.0 Å². The standard InChI is InChI=1S/C23H35N5.HI/c1-3-24-23(26-19-15-21-7-6-8-22(16-19)27(21)2)25-17-18-9-11-20(12-10-18)28-13-4-5-14-28;/h4-5,9-12,19,21-22H,3,6-8,13-17H2,1-2H3,(H2,24,25,26);1H. The Labute approximate surface area is 193 Å². The third-order valence-corrected chi connectivity index (χ3v) is 6.56. The molecule has 29 heavy (non-hydrogen) atoms. The van der Waals surface area contributed by atoms with Gasteiger partial charge in [-0.05, 0) is 57.4 Å². The monoisotopic (exact) mass is 509 g/mol. The number of aliphatic imine (C=N–C) groups is 1. The Balaban J connectivity index is 0.00000240. The Bertz CT molecular complexity index is 680. The Morgan fingerprint density at radius 2 is 1.72 bits per heavy atom. The molecule has 3 aliphatic heterocycles. The molecule has 0 aliphatic carbocycles. The number of guanidine groups is 1. The summed E-state index contributed by atoms with van der Waals surface area (Å²) in [6.45, 7) is 5.79. The number of piperidine rings is 2. The number of rotatable bonds is 5. The van der Waals surface area contributed by atoms with Crippen LogP contribution in [0.2, 0.25) is 0 Å². The summed E-state index contributed by atoms with van der Waals surface area (Å²) < 4.78 is 0. The topological polar surface area (TPSA) is 42.9 Å². The number of halogens is 1. The highest BCUT2D eigenvalue weighted by molar-refractivity contribution is 14.0. The lowest BCUT2D eigenvalue weighted by Crippen LogP contribution is -2.56. The fourth-order valence-electron chi connectivity index (χ4n) is 4.92. The lowest BCUT2D eigenvalue weighted by molar-refractivity contribution is 0.0526. The molecular formula is C23H36IN5. The van der Waals surface area contributed by atoms with Crippen molar-refractivity contribution in [3.8, 4) is 0 Å². The van der Waals surface area contributed by atoms with E-state index in [9.17, 15) is 0 Å². The van der Waals surface area contributed by atoms with Crippen LogP contribution in [0.3, 0.4) is 0 Å². The Morgan fingerprint density at radius 3 is 2.34 bits per heavy atom. The summed E-state index contributed by atoms with van der Waals surface area (Å²) in [5, 5.41) is 7.17. The predicted octanol–water partition coefficient (Wildman–Crippen LogP) is 3.75. The largest absolute Gasteiger partial charge is 0.364 e. The van der Waals surface area contributed by atoms with E-state index in [1.54, 1.807) is 0 Å². The van der Waals surface area contributed by atoms with Crippen LogP contribution in [0, 0.1) is 0 Å². The normalized spacial score (nSPS) is 26.9. The van der Waals surface area contributed by atoms with Gasteiger partial charge in [-0.1, -0.05) is 30.7 Å². The highest BCUT2D eigenvalue weighted by Crippen LogP contribution is 2.32. The van der Waals surface area contributed by atoms with Crippen molar-refractivity contribution < 1.29 is 0 Å². The molecule has 2 fully saturated rings. The first-order chi connectivity index (χ1) is 13.7. The van der Waals surface area contributed by atoms with E-state index in [-0.39, 0.29) is 24.0 Å². The number of hydrogen-bond donors (Lipinski definition) is 2. The highest BCUT2D eigenvalue weighted by Gasteiger charge is 2.36. The van der Waals surface area contributed by atoms with E-state index in [0.717, 1.165) is 37.7 Å². The lowest BCUT2D eigenvalue weighted by Gasteiger charge is -2.47. The molecule has 1 aromatic carbocycles. The molecule has 3 heterocycles. The van der Waals surface area contributed by atoms with Crippen LogP contribution in [0.25, 0.3) is 0 Å². The number of hydrogen-bond acceptors (Lipinski definition) is 3. The fourth-order valence-corrected chi connectivity index (χ4v) is 4.92. The van der Waals surface area contributed by atoms with Gasteiger partial charge in [0.25, 0.3) is 0 Å². The molecule has 2 saturated heterocycles. The van der Waals surface area contributed by atoms with E-state index in [4.69, 9.17) is 4.99 Å². The van der Waals surface area contributed by atoms with Crippen molar-refractivity contribution in [2.24, 2.45) is 4.99 Å². The quantitative estimate of drug-likeness (QED) is 0.275. The Kier molecular flexibility index (Phi) is 8.24. The van der Waals surface area contributed by atoms with Gasteiger partial charge in [-0.15, -0.1) is 24.0 Å². The minimum atomic E-state index is 0. The molecule has 160 valence electrons. The van der Waals surface area contributed by atoms with E-state index in [2.05, 4.69) is 70.8 Å². The molecule has 0 radical (unpaired) electrons. The van der Waals surface area contributed by atoms with Crippen LogP contribution in [0.4, 0.5) is 5.69 Å². The zero-order valence-electron chi connectivity index (χ0n) is 17.8. The van der Waals surface area contributed by atoms with Gasteiger partial charge in [0.1, 0.15) is 0 Å². The van der Waals surface area contributed by atoms with Crippen molar-refractivity contribution in [1.82, 2.24) is 15.5 Å². The molecule has 6 heteroatoms. The average molecular weight is 509 g/mol. The minimum Gasteiger partial charge on any atom is -0.364 e. The SMILES string of the molecule is CCNC(=NCc1ccc(N2CC=CC2)cc1)NC1CC2CCCC(C1)N2C.I. The molecule has 2 bridgehead atoms. The number of anilines is 1. The maximum atomic E-state index is 4.87. The maximum Gasteiger partial charge on any atom is 0.191 e. The molecule has 2 unspecified atom stereocenters. The van der Waals surface area contributed by atoms with Gasteiger partial charge in [-0.2, -0.15) is 0 Å². The van der Waals surface area contributed by atoms with E-state index >= 15 is 0 Å². The molecular weight excluding hydrogens is 473 g/mol. The first kappa shape index (κ1) is 22.4. The third-order valence-electron chi connectivity index (χ3n) is 6.56. The second kappa shape index (κ2) is 10.7. The van der Waals surface area contributed by atoms with Crippen molar-refractivity contribution in [1.29, 1.82) is 0 Å². The second-order valence-corrected chi connectivity index (χ2v) is 8.45. The smallest absolute Gasteiger partial charge is 0.191 e. The predicted molar refractivity (Wildman–Crippen MR) is 133 cm³/mol. The Hall–Kier alpha value is -1.28. The molecule has 3 aliphatic rings. The van der Waals surface area contributed by atoms with Crippen LogP contribution in [-0.2, 0) is 6.54 Å². The summed E-state index contributed by atoms with van der Waals surface area (Å²) in [7, 11) is 2.31. The molecule has 2 atom stereocenters. The Morgan fingerprint density at radius 1 is 1.07 bits per heavy atom. The van der Waals surface area contributed by atoms with Crippen molar-refractivity contribution in [2.75, 3.05) is 31.6 Å². The first-order valence-corrected chi connectivity index (χ1v) is 11.0. The van der Waals surface area contributed by atoms with E-state index < -0.39 is 0 Å². The lowest BCUT2D eigenvalue weighted by atomic mass is 9.82. The van der Waals surface area contributed by atoms with Crippen molar-refractivity contribution in [3.05, 3.63) is 42.0 Å². The van der Waals surface area contributed by atoms with Gasteiger partial charge in [-0.3, -0.25) is 0 Å². The number of fused-ring (bicyclic) bond motifs is 2.